The van der Waals surface area contributed by atoms with E-state index in [-0.39, 0.29) is 6.61 Å². The van der Waals surface area contributed by atoms with Gasteiger partial charge >= 0.3 is 0 Å². The van der Waals surface area contributed by atoms with Crippen LogP contribution in [0, 0.1) is 17.8 Å². The minimum atomic E-state index is 0.240. The van der Waals surface area contributed by atoms with Crippen molar-refractivity contribution >= 4 is 0 Å². The van der Waals surface area contributed by atoms with Gasteiger partial charge in [-0.05, 0) is 37.6 Å². The van der Waals surface area contributed by atoms with Gasteiger partial charge < -0.3 is 10.4 Å². The standard InChI is InChI=1S/C12H23NO/c1-9-6-10(2)12(11(3)7-9)8-13-4-5-14/h6,10-14H,4-5,7-8H2,1-3H3/t10-,11+,12+/m0/s1. The van der Waals surface area contributed by atoms with Gasteiger partial charge in [-0.15, -0.1) is 0 Å². The second-order valence-corrected chi connectivity index (χ2v) is 4.65. The number of hydrogen-bond donors (Lipinski definition) is 2. The van der Waals surface area contributed by atoms with Gasteiger partial charge in [0.25, 0.3) is 0 Å². The number of aliphatic hydroxyl groups excluding tert-OH is 1. The molecule has 0 aromatic carbocycles. The predicted molar refractivity (Wildman–Crippen MR) is 60.1 cm³/mol. The molecule has 82 valence electrons. The van der Waals surface area contributed by atoms with E-state index in [1.54, 1.807) is 0 Å². The van der Waals surface area contributed by atoms with Crippen LogP contribution in [-0.2, 0) is 0 Å². The molecule has 0 aromatic heterocycles. The van der Waals surface area contributed by atoms with Gasteiger partial charge in [-0.25, -0.2) is 0 Å². The Morgan fingerprint density at radius 1 is 1.50 bits per heavy atom. The maximum atomic E-state index is 8.70. The minimum absolute atomic E-state index is 0.240. The highest BCUT2D eigenvalue weighted by Gasteiger charge is 2.25. The summed E-state index contributed by atoms with van der Waals surface area (Å²) < 4.78 is 0. The molecule has 1 aliphatic carbocycles. The monoisotopic (exact) mass is 197 g/mol. The fourth-order valence-electron chi connectivity index (χ4n) is 2.55. The summed E-state index contributed by atoms with van der Waals surface area (Å²) in [6, 6.07) is 0. The van der Waals surface area contributed by atoms with E-state index in [1.165, 1.54) is 12.0 Å². The SMILES string of the molecule is CC1=C[C@H](C)[C@@H](CNCCO)[C@H](C)C1. The largest absolute Gasteiger partial charge is 0.395 e. The first-order valence-electron chi connectivity index (χ1n) is 5.64. The Morgan fingerprint density at radius 3 is 2.79 bits per heavy atom. The van der Waals surface area contributed by atoms with Crippen LogP contribution in [0.1, 0.15) is 27.2 Å². The number of hydrogen-bond acceptors (Lipinski definition) is 2. The summed E-state index contributed by atoms with van der Waals surface area (Å²) in [5.74, 6) is 2.16. The summed E-state index contributed by atoms with van der Waals surface area (Å²) >= 11 is 0. The van der Waals surface area contributed by atoms with Crippen LogP contribution < -0.4 is 5.32 Å². The van der Waals surface area contributed by atoms with Crippen molar-refractivity contribution in [2.75, 3.05) is 19.7 Å². The van der Waals surface area contributed by atoms with E-state index >= 15 is 0 Å². The van der Waals surface area contributed by atoms with Crippen molar-refractivity contribution in [1.82, 2.24) is 5.32 Å². The fourth-order valence-corrected chi connectivity index (χ4v) is 2.55. The lowest BCUT2D eigenvalue weighted by atomic mass is 9.75. The van der Waals surface area contributed by atoms with Crippen molar-refractivity contribution in [3.8, 4) is 0 Å². The van der Waals surface area contributed by atoms with E-state index in [4.69, 9.17) is 5.11 Å². The van der Waals surface area contributed by atoms with Crippen LogP contribution in [0.2, 0.25) is 0 Å². The highest BCUT2D eigenvalue weighted by Crippen LogP contribution is 2.32. The van der Waals surface area contributed by atoms with Gasteiger partial charge in [-0.1, -0.05) is 25.5 Å². The molecule has 0 unspecified atom stereocenters. The van der Waals surface area contributed by atoms with Crippen LogP contribution in [0.15, 0.2) is 11.6 Å². The molecular formula is C12H23NO. The quantitative estimate of drug-likeness (QED) is 0.532. The molecule has 3 atom stereocenters. The molecule has 2 N–H and O–H groups in total. The van der Waals surface area contributed by atoms with Crippen LogP contribution in [0.4, 0.5) is 0 Å². The van der Waals surface area contributed by atoms with Crippen molar-refractivity contribution in [1.29, 1.82) is 0 Å². The van der Waals surface area contributed by atoms with Crippen LogP contribution in [-0.4, -0.2) is 24.8 Å². The zero-order valence-electron chi connectivity index (χ0n) is 9.59. The van der Waals surface area contributed by atoms with Crippen LogP contribution in [0.25, 0.3) is 0 Å². The summed E-state index contributed by atoms with van der Waals surface area (Å²) in [7, 11) is 0. The summed E-state index contributed by atoms with van der Waals surface area (Å²) in [6.45, 7) is 8.85. The second kappa shape index (κ2) is 5.52. The second-order valence-electron chi connectivity index (χ2n) is 4.65. The molecule has 1 aliphatic rings. The Bertz CT molecular complexity index is 200. The van der Waals surface area contributed by atoms with E-state index in [0.717, 1.165) is 24.9 Å². The molecule has 1 rings (SSSR count). The molecule has 0 radical (unpaired) electrons. The average molecular weight is 197 g/mol. The fraction of sp³-hybridized carbons (Fsp3) is 0.833. The summed E-state index contributed by atoms with van der Waals surface area (Å²) in [4.78, 5) is 0. The molecule has 2 heteroatoms. The molecule has 0 spiro atoms. The van der Waals surface area contributed by atoms with Gasteiger partial charge in [0.1, 0.15) is 0 Å². The van der Waals surface area contributed by atoms with E-state index in [0.29, 0.717) is 5.92 Å². The molecule has 0 aromatic rings. The topological polar surface area (TPSA) is 32.3 Å². The molecule has 0 aliphatic heterocycles. The summed E-state index contributed by atoms with van der Waals surface area (Å²) in [6.07, 6.45) is 3.63. The van der Waals surface area contributed by atoms with Gasteiger partial charge in [-0.2, -0.15) is 0 Å². The number of nitrogens with one attached hydrogen (secondary N) is 1. The van der Waals surface area contributed by atoms with Crippen LogP contribution in [0.5, 0.6) is 0 Å². The highest BCUT2D eigenvalue weighted by atomic mass is 16.3. The molecule has 0 saturated carbocycles. The van der Waals surface area contributed by atoms with Gasteiger partial charge in [0, 0.05) is 6.54 Å². The molecule has 0 saturated heterocycles. The smallest absolute Gasteiger partial charge is 0.0555 e. The third kappa shape index (κ3) is 3.10. The number of aliphatic hydroxyl groups is 1. The van der Waals surface area contributed by atoms with Crippen molar-refractivity contribution in [2.24, 2.45) is 17.8 Å². The minimum Gasteiger partial charge on any atom is -0.395 e. The van der Waals surface area contributed by atoms with Gasteiger partial charge in [-0.3, -0.25) is 0 Å². The van der Waals surface area contributed by atoms with Crippen LogP contribution in [0.3, 0.4) is 0 Å². The highest BCUT2D eigenvalue weighted by molar-refractivity contribution is 5.08. The number of rotatable bonds is 4. The number of allylic oxidation sites excluding steroid dienone is 2. The van der Waals surface area contributed by atoms with Crippen molar-refractivity contribution in [3.05, 3.63) is 11.6 Å². The Kier molecular flexibility index (Phi) is 4.63. The Balaban J connectivity index is 2.43. The molecule has 0 amide bonds. The molecule has 0 heterocycles. The molecule has 0 fully saturated rings. The lowest BCUT2D eigenvalue weighted by Gasteiger charge is -2.33. The Morgan fingerprint density at radius 2 is 2.21 bits per heavy atom. The van der Waals surface area contributed by atoms with E-state index in [2.05, 4.69) is 32.2 Å². The summed E-state index contributed by atoms with van der Waals surface area (Å²) in [5, 5.41) is 12.0. The van der Waals surface area contributed by atoms with Crippen LogP contribution >= 0.6 is 0 Å². The van der Waals surface area contributed by atoms with Gasteiger partial charge in [0.05, 0.1) is 6.61 Å². The average Bonchev–Trinajstić information content (AvgIpc) is 2.09. The third-order valence-corrected chi connectivity index (χ3v) is 3.27. The van der Waals surface area contributed by atoms with Crippen molar-refractivity contribution < 1.29 is 5.11 Å². The van der Waals surface area contributed by atoms with Crippen molar-refractivity contribution in [3.63, 3.8) is 0 Å². The maximum absolute atomic E-state index is 8.70. The first-order valence-corrected chi connectivity index (χ1v) is 5.64. The predicted octanol–water partition coefficient (Wildman–Crippen LogP) is 1.81. The zero-order valence-corrected chi connectivity index (χ0v) is 9.59. The van der Waals surface area contributed by atoms with Gasteiger partial charge in [0.15, 0.2) is 0 Å². The maximum Gasteiger partial charge on any atom is 0.0555 e. The lowest BCUT2D eigenvalue weighted by Crippen LogP contribution is -2.34. The van der Waals surface area contributed by atoms with E-state index < -0.39 is 0 Å². The molecule has 0 bridgehead atoms. The third-order valence-electron chi connectivity index (χ3n) is 3.27. The molecule has 2 nitrogen and oxygen atoms in total. The first kappa shape index (κ1) is 11.7. The normalized spacial score (nSPS) is 32.9. The molecular weight excluding hydrogens is 174 g/mol. The Hall–Kier alpha value is -0.340. The summed E-state index contributed by atoms with van der Waals surface area (Å²) in [5.41, 5.74) is 1.53. The van der Waals surface area contributed by atoms with E-state index in [1.807, 2.05) is 0 Å². The van der Waals surface area contributed by atoms with E-state index in [9.17, 15) is 0 Å². The first-order chi connectivity index (χ1) is 6.65. The Labute approximate surface area is 87.4 Å². The van der Waals surface area contributed by atoms with Gasteiger partial charge in [0.2, 0.25) is 0 Å². The zero-order chi connectivity index (χ0) is 10.6. The lowest BCUT2D eigenvalue weighted by molar-refractivity contribution is 0.243. The molecule has 14 heavy (non-hydrogen) atoms. The van der Waals surface area contributed by atoms with Crippen molar-refractivity contribution in [2.45, 2.75) is 27.2 Å².